The van der Waals surface area contributed by atoms with Crippen molar-refractivity contribution in [1.82, 2.24) is 24.3 Å². The summed E-state index contributed by atoms with van der Waals surface area (Å²) in [4.78, 5) is 73.3. The summed E-state index contributed by atoms with van der Waals surface area (Å²) in [6.45, 7) is 5.88. The fraction of sp³-hybridized carbons (Fsp3) is 0.348. The molecule has 1 fully saturated rings. The third-order valence-corrected chi connectivity index (χ3v) is 9.88. The van der Waals surface area contributed by atoms with E-state index in [1.165, 1.54) is 47.8 Å². The van der Waals surface area contributed by atoms with Crippen LogP contribution in [0.5, 0.6) is 11.5 Å². The summed E-state index contributed by atoms with van der Waals surface area (Å²) in [5, 5.41) is 29.8. The van der Waals surface area contributed by atoms with Crippen molar-refractivity contribution in [3.05, 3.63) is 129 Å². The van der Waals surface area contributed by atoms with Crippen LogP contribution in [0.25, 0.3) is 5.69 Å². The van der Waals surface area contributed by atoms with Gasteiger partial charge in [0, 0.05) is 63.8 Å². The summed E-state index contributed by atoms with van der Waals surface area (Å²) in [5.74, 6) is -1.68. The van der Waals surface area contributed by atoms with E-state index in [2.05, 4.69) is 28.2 Å². The Morgan fingerprint density at radius 3 is 1.64 bits per heavy atom. The number of urea groups is 2. The Balaban J connectivity index is 0.000000248. The highest BCUT2D eigenvalue weighted by Gasteiger charge is 2.24. The van der Waals surface area contributed by atoms with Gasteiger partial charge in [0.05, 0.1) is 44.2 Å². The number of hydrogen-bond acceptors (Lipinski definition) is 13. The third kappa shape index (κ3) is 15.3. The van der Waals surface area contributed by atoms with Crippen molar-refractivity contribution in [3.63, 3.8) is 0 Å². The van der Waals surface area contributed by atoms with Crippen molar-refractivity contribution in [1.29, 1.82) is 0 Å². The second-order valence-corrected chi connectivity index (χ2v) is 14.8. The van der Waals surface area contributed by atoms with Crippen molar-refractivity contribution in [2.24, 2.45) is 14.1 Å². The molecule has 0 spiro atoms. The first-order chi connectivity index (χ1) is 31.5. The van der Waals surface area contributed by atoms with E-state index in [1.54, 1.807) is 51.3 Å². The van der Waals surface area contributed by atoms with E-state index in [0.717, 1.165) is 18.5 Å². The van der Waals surface area contributed by atoms with Gasteiger partial charge in [0.15, 0.2) is 17.7 Å². The molecule has 0 saturated carbocycles. The smallest absolute Gasteiger partial charge is 0.319 e. The maximum Gasteiger partial charge on any atom is 0.319 e. The van der Waals surface area contributed by atoms with Crippen LogP contribution in [0.1, 0.15) is 69.7 Å². The Kier molecular flexibility index (Phi) is 19.4. The molecule has 0 bridgehead atoms. The van der Waals surface area contributed by atoms with E-state index in [0.29, 0.717) is 22.9 Å². The van der Waals surface area contributed by atoms with Crippen molar-refractivity contribution in [2.75, 3.05) is 36.7 Å². The van der Waals surface area contributed by atoms with Crippen LogP contribution in [0.15, 0.2) is 107 Å². The quantitative estimate of drug-likeness (QED) is 0.0548. The number of pyridine rings is 2. The first kappa shape index (κ1) is 51.1. The molecule has 5 aromatic rings. The van der Waals surface area contributed by atoms with Crippen LogP contribution < -0.4 is 38.1 Å². The predicted molar refractivity (Wildman–Crippen MR) is 246 cm³/mol. The van der Waals surface area contributed by atoms with Crippen molar-refractivity contribution < 1.29 is 48.3 Å². The lowest BCUT2D eigenvalue weighted by atomic mass is 10.0. The highest BCUT2D eigenvalue weighted by Crippen LogP contribution is 2.24. The molecule has 354 valence electrons. The topological polar surface area (TPSA) is 269 Å². The maximum absolute atomic E-state index is 12.6. The normalized spacial score (nSPS) is 14.8. The number of aromatic nitrogens is 3. The average Bonchev–Trinajstić information content (AvgIpc) is 3.99. The number of anilines is 3. The van der Waals surface area contributed by atoms with E-state index in [1.807, 2.05) is 47.3 Å². The second kappa shape index (κ2) is 25.1. The number of carbonyl (C=O) groups excluding carboxylic acids is 4. The molecule has 4 atom stereocenters. The Morgan fingerprint density at radius 2 is 1.21 bits per heavy atom. The van der Waals surface area contributed by atoms with E-state index < -0.39 is 47.2 Å². The lowest BCUT2D eigenvalue weighted by Gasteiger charge is -2.20. The highest BCUT2D eigenvalue weighted by atomic mass is 16.7. The number of aromatic hydroxyl groups is 2. The number of methoxy groups -OCH3 is 1. The Hall–Kier alpha value is -7.58. The zero-order valence-corrected chi connectivity index (χ0v) is 37.7. The molecule has 66 heavy (non-hydrogen) atoms. The molecule has 4 heterocycles. The van der Waals surface area contributed by atoms with Gasteiger partial charge in [-0.1, -0.05) is 24.3 Å². The molecule has 2 unspecified atom stereocenters. The van der Waals surface area contributed by atoms with Gasteiger partial charge < -0.3 is 69.9 Å². The van der Waals surface area contributed by atoms with Crippen LogP contribution in [0.3, 0.4) is 0 Å². The summed E-state index contributed by atoms with van der Waals surface area (Å²) in [5.41, 5.74) is 6.73. The number of nitrogen functional groups attached to an aromatic ring is 1. The Labute approximate surface area is 381 Å². The zero-order valence-electron chi connectivity index (χ0n) is 37.7. The summed E-state index contributed by atoms with van der Waals surface area (Å²) >= 11 is 0. The summed E-state index contributed by atoms with van der Waals surface area (Å²) in [6, 6.07) is 17.5. The van der Waals surface area contributed by atoms with Crippen LogP contribution in [-0.2, 0) is 42.6 Å². The SMILES string of the molecule is CCOC(=O)C[C@H](NC(=O)Nc1c(O)ccn(C)c1=O)c1cccc(-n2cccc2)c1.CCOC(=O)C[C@H](NC(=O)Nc1c(O)ccn(C)c1=O)c1cccc(N)c1.COC1CCC(C)O1. The fourth-order valence-corrected chi connectivity index (χ4v) is 6.49. The van der Waals surface area contributed by atoms with Crippen LogP contribution in [-0.4, -0.2) is 80.6 Å². The number of aryl methyl sites for hydroxylation is 2. The molecule has 2 aromatic carbocycles. The molecular weight excluding hydrogens is 857 g/mol. The molecule has 1 aliphatic heterocycles. The van der Waals surface area contributed by atoms with Gasteiger partial charge in [0.25, 0.3) is 11.1 Å². The standard InChI is InChI=1S/C22H24N4O5.C18H22N4O5.C6H12O2/c1-3-31-19(28)14-17(15-7-6-8-16(13-15)26-10-4-5-11-26)23-22(30)24-20-18(27)9-12-25(2)21(20)29;1-3-27-15(24)10-13(11-5-4-6-12(19)9-11)20-18(26)21-16-14(23)7-8-22(2)17(16)25;1-5-3-4-6(7-2)8-5/h4-13,17,27H,3,14H2,1-2H3,(H2,23,24,30);4-9,13,23H,3,10,19H2,1-2H3,(H2,20,21,26);5-6H,3-4H2,1-2H3/t17-;13-;/m00./s1. The van der Waals surface area contributed by atoms with Gasteiger partial charge >= 0.3 is 24.0 Å². The van der Waals surface area contributed by atoms with Gasteiger partial charge in [-0.15, -0.1) is 0 Å². The molecule has 1 saturated heterocycles. The van der Waals surface area contributed by atoms with Crippen LogP contribution in [0.4, 0.5) is 26.7 Å². The molecule has 20 nitrogen and oxygen atoms in total. The van der Waals surface area contributed by atoms with E-state index in [4.69, 9.17) is 24.7 Å². The number of nitrogens with one attached hydrogen (secondary N) is 4. The fourth-order valence-electron chi connectivity index (χ4n) is 6.49. The van der Waals surface area contributed by atoms with Crippen LogP contribution >= 0.6 is 0 Å². The molecule has 8 N–H and O–H groups in total. The molecule has 0 radical (unpaired) electrons. The number of ether oxygens (including phenoxy) is 4. The lowest BCUT2D eigenvalue weighted by molar-refractivity contribution is -0.144. The minimum absolute atomic E-state index is 0.0741. The highest BCUT2D eigenvalue weighted by molar-refractivity contribution is 5.92. The van der Waals surface area contributed by atoms with Crippen molar-refractivity contribution >= 4 is 41.1 Å². The number of nitrogens with two attached hydrogens (primary N) is 1. The number of hydrogen-bond donors (Lipinski definition) is 7. The van der Waals surface area contributed by atoms with Gasteiger partial charge in [0.2, 0.25) is 0 Å². The second-order valence-electron chi connectivity index (χ2n) is 14.8. The third-order valence-electron chi connectivity index (χ3n) is 9.88. The number of amides is 4. The minimum atomic E-state index is -0.759. The van der Waals surface area contributed by atoms with Gasteiger partial charge in [-0.3, -0.25) is 19.2 Å². The molecule has 4 amide bonds. The summed E-state index contributed by atoms with van der Waals surface area (Å²) in [6.07, 6.45) is 8.97. The van der Waals surface area contributed by atoms with Crippen LogP contribution in [0.2, 0.25) is 0 Å². The number of rotatable bonds is 14. The molecule has 0 aliphatic carbocycles. The monoisotopic (exact) mass is 914 g/mol. The minimum Gasteiger partial charge on any atom is -0.505 e. The average molecular weight is 915 g/mol. The Morgan fingerprint density at radius 1 is 0.727 bits per heavy atom. The molecule has 1 aliphatic rings. The van der Waals surface area contributed by atoms with Crippen molar-refractivity contribution in [2.45, 2.75) is 70.9 Å². The summed E-state index contributed by atoms with van der Waals surface area (Å²) in [7, 11) is 4.67. The van der Waals surface area contributed by atoms with E-state index in [-0.39, 0.29) is 55.2 Å². The number of nitrogens with zero attached hydrogens (tertiary/aromatic N) is 3. The van der Waals surface area contributed by atoms with E-state index >= 15 is 0 Å². The number of carbonyl (C=O) groups is 4. The maximum atomic E-state index is 12.6. The van der Waals surface area contributed by atoms with Gasteiger partial charge in [-0.2, -0.15) is 0 Å². The van der Waals surface area contributed by atoms with Crippen molar-refractivity contribution in [3.8, 4) is 17.2 Å². The largest absolute Gasteiger partial charge is 0.505 e. The molecular formula is C46H58N8O12. The van der Waals surface area contributed by atoms with Gasteiger partial charge in [0.1, 0.15) is 11.5 Å². The van der Waals surface area contributed by atoms with Gasteiger partial charge in [-0.25, -0.2) is 9.59 Å². The summed E-state index contributed by atoms with van der Waals surface area (Å²) < 4.78 is 24.6. The Bertz CT molecular complexity index is 2520. The predicted octanol–water partition coefficient (Wildman–Crippen LogP) is 5.34. The number of esters is 2. The zero-order chi connectivity index (χ0) is 48.3. The molecule has 3 aromatic heterocycles. The molecule has 20 heteroatoms. The van der Waals surface area contributed by atoms with Gasteiger partial charge in [-0.05, 0) is 86.8 Å². The van der Waals surface area contributed by atoms with E-state index in [9.17, 15) is 39.0 Å². The number of benzene rings is 2. The molecule has 6 rings (SSSR count). The first-order valence-electron chi connectivity index (χ1n) is 21.0. The lowest BCUT2D eigenvalue weighted by Crippen LogP contribution is -2.36. The van der Waals surface area contributed by atoms with Crippen LogP contribution in [0, 0.1) is 0 Å². The first-order valence-corrected chi connectivity index (χ1v) is 21.0.